The molecule has 0 spiro atoms. The molecule has 2 rings (SSSR count). The van der Waals surface area contributed by atoms with Gasteiger partial charge in [-0.25, -0.2) is 14.6 Å². The zero-order chi connectivity index (χ0) is 13.1. The van der Waals surface area contributed by atoms with Gasteiger partial charge in [0.05, 0.1) is 11.9 Å². The minimum absolute atomic E-state index is 0.746. The summed E-state index contributed by atoms with van der Waals surface area (Å²) in [6.45, 7) is 6.94. The Morgan fingerprint density at radius 2 is 2.06 bits per heavy atom. The molecule has 6 heteroatoms. The van der Waals surface area contributed by atoms with E-state index in [1.807, 2.05) is 20.9 Å². The van der Waals surface area contributed by atoms with Gasteiger partial charge < -0.3 is 5.32 Å². The van der Waals surface area contributed by atoms with Crippen molar-refractivity contribution in [3.05, 3.63) is 17.6 Å². The van der Waals surface area contributed by atoms with E-state index in [2.05, 4.69) is 32.5 Å². The Labute approximate surface area is 106 Å². The summed E-state index contributed by atoms with van der Waals surface area (Å²) in [5.74, 6) is 1.64. The standard InChI is InChI=1S/C12H18N6/c1-5-6-13-12-8(2)11(15-9(3)16-12)10-7-14-17-18(10)4/h7H,5-6H2,1-4H3,(H,13,15,16). The van der Waals surface area contributed by atoms with E-state index in [9.17, 15) is 0 Å². The molecule has 0 saturated carbocycles. The van der Waals surface area contributed by atoms with Crippen LogP contribution in [0.5, 0.6) is 0 Å². The average molecular weight is 246 g/mol. The van der Waals surface area contributed by atoms with Gasteiger partial charge in [-0.05, 0) is 20.3 Å². The molecule has 2 aromatic heterocycles. The van der Waals surface area contributed by atoms with E-state index in [0.29, 0.717) is 0 Å². The number of rotatable bonds is 4. The summed E-state index contributed by atoms with van der Waals surface area (Å²) in [5, 5.41) is 11.2. The SMILES string of the molecule is CCCNc1nc(C)nc(-c2cnnn2C)c1C. The van der Waals surface area contributed by atoms with Crippen molar-refractivity contribution in [2.45, 2.75) is 27.2 Å². The van der Waals surface area contributed by atoms with Gasteiger partial charge in [0.2, 0.25) is 0 Å². The Kier molecular flexibility index (Phi) is 3.55. The van der Waals surface area contributed by atoms with Gasteiger partial charge >= 0.3 is 0 Å². The first-order valence-corrected chi connectivity index (χ1v) is 6.07. The number of nitrogens with zero attached hydrogens (tertiary/aromatic N) is 5. The molecule has 0 aliphatic carbocycles. The van der Waals surface area contributed by atoms with E-state index in [0.717, 1.165) is 41.6 Å². The van der Waals surface area contributed by atoms with Crippen LogP contribution in [-0.4, -0.2) is 31.5 Å². The number of aryl methyl sites for hydroxylation is 2. The Morgan fingerprint density at radius 1 is 1.28 bits per heavy atom. The second-order valence-corrected chi connectivity index (χ2v) is 4.26. The van der Waals surface area contributed by atoms with Crippen molar-refractivity contribution >= 4 is 5.82 Å². The maximum Gasteiger partial charge on any atom is 0.133 e. The first-order valence-electron chi connectivity index (χ1n) is 6.07. The maximum absolute atomic E-state index is 4.49. The fraction of sp³-hybridized carbons (Fsp3) is 0.500. The van der Waals surface area contributed by atoms with Crippen LogP contribution in [0.4, 0.5) is 5.82 Å². The number of nitrogens with one attached hydrogen (secondary N) is 1. The summed E-state index contributed by atoms with van der Waals surface area (Å²) >= 11 is 0. The van der Waals surface area contributed by atoms with Crippen molar-refractivity contribution < 1.29 is 0 Å². The lowest BCUT2D eigenvalue weighted by Crippen LogP contribution is -2.08. The van der Waals surface area contributed by atoms with Crippen molar-refractivity contribution in [1.82, 2.24) is 25.0 Å². The second-order valence-electron chi connectivity index (χ2n) is 4.26. The summed E-state index contributed by atoms with van der Waals surface area (Å²) in [5.41, 5.74) is 2.81. The van der Waals surface area contributed by atoms with E-state index in [4.69, 9.17) is 0 Å². The predicted molar refractivity (Wildman–Crippen MR) is 70.3 cm³/mol. The molecule has 6 nitrogen and oxygen atoms in total. The third-order valence-corrected chi connectivity index (χ3v) is 2.76. The van der Waals surface area contributed by atoms with Gasteiger partial charge in [0.25, 0.3) is 0 Å². The Balaban J connectivity index is 2.48. The average Bonchev–Trinajstić information content (AvgIpc) is 2.76. The zero-order valence-corrected chi connectivity index (χ0v) is 11.2. The predicted octanol–water partition coefficient (Wildman–Crippen LogP) is 1.71. The Bertz CT molecular complexity index is 545. The van der Waals surface area contributed by atoms with Crippen LogP contribution in [0.1, 0.15) is 24.7 Å². The monoisotopic (exact) mass is 246 g/mol. The topological polar surface area (TPSA) is 68.5 Å². The van der Waals surface area contributed by atoms with Crippen LogP contribution in [0.15, 0.2) is 6.20 Å². The number of anilines is 1. The van der Waals surface area contributed by atoms with Crippen LogP contribution in [0.25, 0.3) is 11.4 Å². The molecule has 0 unspecified atom stereocenters. The number of hydrogen-bond donors (Lipinski definition) is 1. The van der Waals surface area contributed by atoms with Gasteiger partial charge in [-0.3, -0.25) is 0 Å². The molecule has 96 valence electrons. The minimum Gasteiger partial charge on any atom is -0.370 e. The summed E-state index contributed by atoms with van der Waals surface area (Å²) in [7, 11) is 1.86. The van der Waals surface area contributed by atoms with Crippen LogP contribution in [0.3, 0.4) is 0 Å². The van der Waals surface area contributed by atoms with E-state index >= 15 is 0 Å². The van der Waals surface area contributed by atoms with E-state index < -0.39 is 0 Å². The first-order chi connectivity index (χ1) is 8.63. The van der Waals surface area contributed by atoms with E-state index in [-0.39, 0.29) is 0 Å². The molecule has 0 saturated heterocycles. The fourth-order valence-electron chi connectivity index (χ4n) is 1.80. The smallest absolute Gasteiger partial charge is 0.133 e. The molecule has 0 amide bonds. The summed E-state index contributed by atoms with van der Waals surface area (Å²) in [6, 6.07) is 0. The molecule has 2 aromatic rings. The molecule has 0 aliphatic heterocycles. The highest BCUT2D eigenvalue weighted by Crippen LogP contribution is 2.24. The van der Waals surface area contributed by atoms with Crippen LogP contribution in [-0.2, 0) is 7.05 Å². The molecule has 0 aliphatic rings. The largest absolute Gasteiger partial charge is 0.370 e. The van der Waals surface area contributed by atoms with Gasteiger partial charge in [0.15, 0.2) is 0 Å². The van der Waals surface area contributed by atoms with E-state index in [1.54, 1.807) is 10.9 Å². The van der Waals surface area contributed by atoms with Crippen molar-refractivity contribution in [2.24, 2.45) is 7.05 Å². The van der Waals surface area contributed by atoms with Crippen LogP contribution >= 0.6 is 0 Å². The number of aromatic nitrogens is 5. The molecule has 2 heterocycles. The second kappa shape index (κ2) is 5.12. The molecule has 0 bridgehead atoms. The first kappa shape index (κ1) is 12.5. The lowest BCUT2D eigenvalue weighted by molar-refractivity contribution is 0.718. The molecule has 0 atom stereocenters. The van der Waals surface area contributed by atoms with Crippen molar-refractivity contribution in [3.63, 3.8) is 0 Å². The summed E-state index contributed by atoms with van der Waals surface area (Å²) in [6.07, 6.45) is 2.78. The Morgan fingerprint density at radius 3 is 2.67 bits per heavy atom. The molecular formula is C12H18N6. The van der Waals surface area contributed by atoms with Crippen LogP contribution in [0.2, 0.25) is 0 Å². The highest BCUT2D eigenvalue weighted by atomic mass is 15.4. The van der Waals surface area contributed by atoms with Crippen LogP contribution < -0.4 is 5.32 Å². The highest BCUT2D eigenvalue weighted by molar-refractivity contribution is 5.64. The lowest BCUT2D eigenvalue weighted by atomic mass is 10.2. The van der Waals surface area contributed by atoms with Gasteiger partial charge in [-0.2, -0.15) is 0 Å². The van der Waals surface area contributed by atoms with Crippen molar-refractivity contribution in [2.75, 3.05) is 11.9 Å². The molecule has 0 radical (unpaired) electrons. The third-order valence-electron chi connectivity index (χ3n) is 2.76. The summed E-state index contributed by atoms with van der Waals surface area (Å²) < 4.78 is 1.72. The number of hydrogen-bond acceptors (Lipinski definition) is 5. The normalized spacial score (nSPS) is 10.7. The molecule has 1 N–H and O–H groups in total. The third kappa shape index (κ3) is 2.32. The van der Waals surface area contributed by atoms with Gasteiger partial charge in [-0.1, -0.05) is 12.1 Å². The van der Waals surface area contributed by atoms with Crippen molar-refractivity contribution in [1.29, 1.82) is 0 Å². The zero-order valence-electron chi connectivity index (χ0n) is 11.2. The van der Waals surface area contributed by atoms with Gasteiger partial charge in [0, 0.05) is 19.2 Å². The van der Waals surface area contributed by atoms with Crippen molar-refractivity contribution in [3.8, 4) is 11.4 Å². The molecule has 0 fully saturated rings. The summed E-state index contributed by atoms with van der Waals surface area (Å²) in [4.78, 5) is 8.93. The lowest BCUT2D eigenvalue weighted by Gasteiger charge is -2.12. The maximum atomic E-state index is 4.49. The van der Waals surface area contributed by atoms with Gasteiger partial charge in [-0.15, -0.1) is 5.10 Å². The minimum atomic E-state index is 0.746. The van der Waals surface area contributed by atoms with Gasteiger partial charge in [0.1, 0.15) is 17.3 Å². The molecule has 0 aromatic carbocycles. The molecular weight excluding hydrogens is 228 g/mol. The van der Waals surface area contributed by atoms with E-state index in [1.165, 1.54) is 0 Å². The Hall–Kier alpha value is -1.98. The fourth-order valence-corrected chi connectivity index (χ4v) is 1.80. The quantitative estimate of drug-likeness (QED) is 0.889. The molecule has 18 heavy (non-hydrogen) atoms. The highest BCUT2D eigenvalue weighted by Gasteiger charge is 2.13. The van der Waals surface area contributed by atoms with Crippen LogP contribution in [0, 0.1) is 13.8 Å².